The highest BCUT2D eigenvalue weighted by atomic mass is 32.2. The second-order valence-corrected chi connectivity index (χ2v) is 10.2. The number of nitrogens with zero attached hydrogens (tertiary/aromatic N) is 2. The van der Waals surface area contributed by atoms with E-state index in [1.54, 1.807) is 11.4 Å². The molecule has 0 N–H and O–H groups in total. The summed E-state index contributed by atoms with van der Waals surface area (Å²) >= 11 is 0. The fourth-order valence-corrected chi connectivity index (χ4v) is 6.23. The van der Waals surface area contributed by atoms with Gasteiger partial charge in [-0.1, -0.05) is 12.1 Å². The Labute approximate surface area is 161 Å². The van der Waals surface area contributed by atoms with Crippen molar-refractivity contribution in [1.29, 1.82) is 0 Å². The smallest absolute Gasteiger partial charge is 0.223 e. The second-order valence-electron chi connectivity index (χ2n) is 8.22. The minimum Gasteiger partial charge on any atom is -0.497 e. The molecule has 1 aromatic rings. The first kappa shape index (κ1) is 18.7. The lowest BCUT2D eigenvalue weighted by atomic mass is 9.71. The molecule has 0 saturated carbocycles. The summed E-state index contributed by atoms with van der Waals surface area (Å²) in [6, 6.07) is 8.20. The van der Waals surface area contributed by atoms with Gasteiger partial charge in [0.25, 0.3) is 0 Å². The lowest BCUT2D eigenvalue weighted by molar-refractivity contribution is -0.150. The lowest BCUT2D eigenvalue weighted by Crippen LogP contribution is -2.65. The molecule has 0 aliphatic carbocycles. The monoisotopic (exact) mass is 392 g/mol. The Kier molecular flexibility index (Phi) is 4.93. The number of fused-ring (bicyclic) bond motifs is 4. The van der Waals surface area contributed by atoms with Gasteiger partial charge < -0.3 is 9.64 Å². The lowest BCUT2D eigenvalue weighted by Gasteiger charge is -2.56. The predicted octanol–water partition coefficient (Wildman–Crippen LogP) is 1.90. The summed E-state index contributed by atoms with van der Waals surface area (Å²) in [5, 5.41) is 0. The number of carbonyl (C=O) groups excluding carboxylic acids is 1. The van der Waals surface area contributed by atoms with Gasteiger partial charge in [0.15, 0.2) is 0 Å². The summed E-state index contributed by atoms with van der Waals surface area (Å²) in [7, 11) is -1.56. The molecule has 3 fully saturated rings. The molecule has 4 rings (SSSR count). The first-order chi connectivity index (χ1) is 12.9. The molecule has 2 bridgehead atoms. The molecule has 1 amide bonds. The largest absolute Gasteiger partial charge is 0.497 e. The highest BCUT2D eigenvalue weighted by Crippen LogP contribution is 2.43. The van der Waals surface area contributed by atoms with Crippen LogP contribution in [0, 0.1) is 11.8 Å². The number of amides is 1. The minimum absolute atomic E-state index is 0.0516. The van der Waals surface area contributed by atoms with Crippen LogP contribution in [0.3, 0.4) is 0 Å². The zero-order valence-electron chi connectivity index (χ0n) is 16.0. The molecule has 0 spiro atoms. The molecular formula is C20H28N2O4S. The molecule has 3 aliphatic heterocycles. The van der Waals surface area contributed by atoms with E-state index < -0.39 is 10.0 Å². The van der Waals surface area contributed by atoms with E-state index in [4.69, 9.17) is 4.74 Å². The minimum atomic E-state index is -3.22. The van der Waals surface area contributed by atoms with Crippen LogP contribution in [0.4, 0.5) is 0 Å². The third kappa shape index (κ3) is 3.59. The van der Waals surface area contributed by atoms with Gasteiger partial charge in [0.05, 0.1) is 13.4 Å². The first-order valence-corrected chi connectivity index (χ1v) is 11.6. The Morgan fingerprint density at radius 2 is 2.00 bits per heavy atom. The molecule has 6 nitrogen and oxygen atoms in total. The molecule has 7 heteroatoms. The van der Waals surface area contributed by atoms with Crippen molar-refractivity contribution < 1.29 is 17.9 Å². The molecule has 3 heterocycles. The third-order valence-corrected chi connectivity index (χ3v) is 7.75. The van der Waals surface area contributed by atoms with E-state index in [1.165, 1.54) is 6.26 Å². The van der Waals surface area contributed by atoms with E-state index in [9.17, 15) is 13.2 Å². The van der Waals surface area contributed by atoms with Crippen LogP contribution in [-0.4, -0.2) is 62.1 Å². The zero-order chi connectivity index (χ0) is 19.2. The number of benzene rings is 1. The number of piperidine rings is 3. The summed E-state index contributed by atoms with van der Waals surface area (Å²) in [5.74, 6) is 1.48. The SMILES string of the molecule is COc1cccc(C[C@H]2[C@H]3C[C@H](CN(S(C)(=O)=O)C3)[C@@H]3CCCC(=O)N32)c1. The molecule has 0 unspecified atom stereocenters. The standard InChI is InChI=1S/C20H28N2O4S/c1-26-17-6-3-5-14(9-17)10-19-16-11-15(12-21(13-16)27(2,24)25)18-7-4-8-20(23)22(18)19/h3,5-6,9,15-16,18-19H,4,7-8,10-13H2,1-2H3/t15-,16+,18+,19+/m1/s1. The van der Waals surface area contributed by atoms with E-state index in [-0.39, 0.29) is 29.8 Å². The van der Waals surface area contributed by atoms with Gasteiger partial charge >= 0.3 is 0 Å². The van der Waals surface area contributed by atoms with Crippen LogP contribution >= 0.6 is 0 Å². The number of hydrogen-bond acceptors (Lipinski definition) is 4. The van der Waals surface area contributed by atoms with Gasteiger partial charge in [-0.25, -0.2) is 12.7 Å². The summed E-state index contributed by atoms with van der Waals surface area (Å²) < 4.78 is 31.4. The van der Waals surface area contributed by atoms with Crippen LogP contribution in [0.25, 0.3) is 0 Å². The van der Waals surface area contributed by atoms with Crippen molar-refractivity contribution in [3.63, 3.8) is 0 Å². The van der Waals surface area contributed by atoms with Gasteiger partial charge in [0, 0.05) is 31.6 Å². The van der Waals surface area contributed by atoms with Crippen LogP contribution in [0.2, 0.25) is 0 Å². The maximum atomic E-state index is 12.8. The summed E-state index contributed by atoms with van der Waals surface area (Å²) in [6.07, 6.45) is 5.56. The molecule has 148 valence electrons. The van der Waals surface area contributed by atoms with E-state index in [2.05, 4.69) is 11.0 Å². The van der Waals surface area contributed by atoms with Crippen molar-refractivity contribution in [2.45, 2.75) is 44.2 Å². The molecule has 3 aliphatic rings. The Hall–Kier alpha value is -1.60. The number of rotatable bonds is 4. The van der Waals surface area contributed by atoms with Gasteiger partial charge in [-0.3, -0.25) is 4.79 Å². The summed E-state index contributed by atoms with van der Waals surface area (Å²) in [5.41, 5.74) is 1.13. The van der Waals surface area contributed by atoms with Crippen molar-refractivity contribution in [2.75, 3.05) is 26.5 Å². The normalized spacial score (nSPS) is 31.5. The van der Waals surface area contributed by atoms with Crippen molar-refractivity contribution in [1.82, 2.24) is 9.21 Å². The molecule has 1 aromatic carbocycles. The number of carbonyl (C=O) groups is 1. The van der Waals surface area contributed by atoms with Gasteiger partial charge in [-0.2, -0.15) is 0 Å². The maximum Gasteiger partial charge on any atom is 0.223 e. The average Bonchev–Trinajstić information content (AvgIpc) is 2.64. The van der Waals surface area contributed by atoms with Gasteiger partial charge in [0.1, 0.15) is 5.75 Å². The molecule has 27 heavy (non-hydrogen) atoms. The molecule has 0 aromatic heterocycles. The van der Waals surface area contributed by atoms with Crippen molar-refractivity contribution >= 4 is 15.9 Å². The molecule has 3 saturated heterocycles. The van der Waals surface area contributed by atoms with Crippen molar-refractivity contribution in [3.8, 4) is 5.75 Å². The summed E-state index contributed by atoms with van der Waals surface area (Å²) in [4.78, 5) is 15.0. The number of hydrogen-bond donors (Lipinski definition) is 0. The van der Waals surface area contributed by atoms with Crippen molar-refractivity contribution in [3.05, 3.63) is 29.8 Å². The highest BCUT2D eigenvalue weighted by molar-refractivity contribution is 7.88. The number of ether oxygens (including phenoxy) is 1. The second kappa shape index (κ2) is 7.09. The first-order valence-electron chi connectivity index (χ1n) is 9.76. The van der Waals surface area contributed by atoms with E-state index in [0.717, 1.165) is 37.0 Å². The van der Waals surface area contributed by atoms with Crippen LogP contribution in [0.1, 0.15) is 31.2 Å². The Morgan fingerprint density at radius 1 is 1.22 bits per heavy atom. The van der Waals surface area contributed by atoms with Gasteiger partial charge in [0.2, 0.25) is 15.9 Å². The van der Waals surface area contributed by atoms with Crippen LogP contribution in [0.15, 0.2) is 24.3 Å². The van der Waals surface area contributed by atoms with Gasteiger partial charge in [-0.05, 0) is 55.2 Å². The maximum absolute atomic E-state index is 12.8. The predicted molar refractivity (Wildman–Crippen MR) is 103 cm³/mol. The average molecular weight is 393 g/mol. The van der Waals surface area contributed by atoms with Crippen LogP contribution < -0.4 is 4.74 Å². The fraction of sp³-hybridized carbons (Fsp3) is 0.650. The topological polar surface area (TPSA) is 66.9 Å². The van der Waals surface area contributed by atoms with E-state index in [0.29, 0.717) is 19.5 Å². The van der Waals surface area contributed by atoms with Crippen LogP contribution in [-0.2, 0) is 21.2 Å². The zero-order valence-corrected chi connectivity index (χ0v) is 16.8. The summed E-state index contributed by atoms with van der Waals surface area (Å²) in [6.45, 7) is 1.07. The van der Waals surface area contributed by atoms with Crippen molar-refractivity contribution in [2.24, 2.45) is 11.8 Å². The number of methoxy groups -OCH3 is 1. The Bertz CT molecular complexity index is 825. The Balaban J connectivity index is 1.67. The quantitative estimate of drug-likeness (QED) is 0.785. The third-order valence-electron chi connectivity index (χ3n) is 6.51. The number of sulfonamides is 1. The Morgan fingerprint density at radius 3 is 2.74 bits per heavy atom. The molecular weight excluding hydrogens is 364 g/mol. The van der Waals surface area contributed by atoms with E-state index in [1.807, 2.05) is 18.2 Å². The van der Waals surface area contributed by atoms with Crippen LogP contribution in [0.5, 0.6) is 5.75 Å². The van der Waals surface area contributed by atoms with Gasteiger partial charge in [-0.15, -0.1) is 0 Å². The molecule has 4 atom stereocenters. The van der Waals surface area contributed by atoms with E-state index >= 15 is 0 Å². The molecule has 0 radical (unpaired) electrons. The highest BCUT2D eigenvalue weighted by Gasteiger charge is 2.50. The fourth-order valence-electron chi connectivity index (χ4n) is 5.31.